The standard InChI is InChI=1S/C21H22N2O2/c1-13-7-5-6-8-15(13)20(25)22-14-9-10-16-17(21(2,3)4)12-19(24)23-18(16)11-14/h5-12,16H,1-4H3,(H,23,24). The minimum Gasteiger partial charge on any atom is -0.325 e. The van der Waals surface area contributed by atoms with Crippen LogP contribution >= 0.6 is 0 Å². The minimum absolute atomic E-state index is 0.0187. The number of carbonyl (C=O) groups excluding carboxylic acids is 2. The van der Waals surface area contributed by atoms with Crippen molar-refractivity contribution in [2.24, 2.45) is 16.3 Å². The van der Waals surface area contributed by atoms with E-state index in [9.17, 15) is 9.59 Å². The Bertz CT molecular complexity index is 864. The van der Waals surface area contributed by atoms with E-state index in [2.05, 4.69) is 31.1 Å². The van der Waals surface area contributed by atoms with Crippen LogP contribution in [0.1, 0.15) is 36.7 Å². The quantitative estimate of drug-likeness (QED) is 0.850. The minimum atomic E-state index is -0.276. The normalized spacial score (nSPS) is 21.4. The summed E-state index contributed by atoms with van der Waals surface area (Å²) >= 11 is 0. The summed E-state index contributed by atoms with van der Waals surface area (Å²) in [5, 5.41) is 2.88. The van der Waals surface area contributed by atoms with Crippen molar-refractivity contribution in [2.45, 2.75) is 27.7 Å². The maximum absolute atomic E-state index is 12.4. The van der Waals surface area contributed by atoms with Crippen molar-refractivity contribution in [2.75, 3.05) is 0 Å². The van der Waals surface area contributed by atoms with Gasteiger partial charge in [0.2, 0.25) is 5.91 Å². The Balaban J connectivity index is 1.92. The summed E-state index contributed by atoms with van der Waals surface area (Å²) in [5.74, 6) is -0.390. The Morgan fingerprint density at radius 3 is 2.56 bits per heavy atom. The molecule has 4 nitrogen and oxygen atoms in total. The molecule has 4 heteroatoms. The van der Waals surface area contributed by atoms with Crippen LogP contribution in [0.2, 0.25) is 0 Å². The molecule has 3 rings (SSSR count). The number of nitrogens with one attached hydrogen (secondary N) is 1. The van der Waals surface area contributed by atoms with E-state index >= 15 is 0 Å². The molecule has 1 unspecified atom stereocenters. The van der Waals surface area contributed by atoms with Gasteiger partial charge in [-0.05, 0) is 41.7 Å². The first-order valence-electron chi connectivity index (χ1n) is 8.37. The lowest BCUT2D eigenvalue weighted by Gasteiger charge is -2.34. The van der Waals surface area contributed by atoms with Crippen LogP contribution in [0.5, 0.6) is 0 Å². The number of carbonyl (C=O) groups is 2. The molecule has 0 saturated carbocycles. The van der Waals surface area contributed by atoms with Gasteiger partial charge in [-0.1, -0.05) is 45.0 Å². The first kappa shape index (κ1) is 17.1. The first-order valence-corrected chi connectivity index (χ1v) is 8.37. The smallest absolute Gasteiger partial charge is 0.277 e. The molecule has 0 spiro atoms. The van der Waals surface area contributed by atoms with Gasteiger partial charge in [0.15, 0.2) is 0 Å². The number of hydrogen-bond acceptors (Lipinski definition) is 2. The van der Waals surface area contributed by atoms with E-state index in [0.717, 1.165) is 16.8 Å². The summed E-state index contributed by atoms with van der Waals surface area (Å²) in [7, 11) is 0. The number of hydrogen-bond donors (Lipinski definition) is 1. The SMILES string of the molecule is Cc1ccccc1C(=O)N=C1C=CC2C(=C1)NC(=O)C=C2C(C)(C)C. The molecule has 2 aliphatic rings. The Morgan fingerprint density at radius 2 is 1.88 bits per heavy atom. The highest BCUT2D eigenvalue weighted by Gasteiger charge is 2.32. The Morgan fingerprint density at radius 1 is 1.16 bits per heavy atom. The second-order valence-electron chi connectivity index (χ2n) is 7.43. The maximum Gasteiger partial charge on any atom is 0.277 e. The van der Waals surface area contributed by atoms with E-state index in [1.807, 2.05) is 37.3 Å². The van der Waals surface area contributed by atoms with Gasteiger partial charge in [0.25, 0.3) is 5.91 Å². The van der Waals surface area contributed by atoms with Crippen LogP contribution < -0.4 is 5.32 Å². The molecule has 128 valence electrons. The second kappa shape index (κ2) is 6.28. The first-order chi connectivity index (χ1) is 11.8. The third-order valence-corrected chi connectivity index (χ3v) is 4.46. The third-order valence-electron chi connectivity index (χ3n) is 4.46. The van der Waals surface area contributed by atoms with E-state index in [1.54, 1.807) is 18.2 Å². The highest BCUT2D eigenvalue weighted by atomic mass is 16.2. The van der Waals surface area contributed by atoms with Crippen LogP contribution in [-0.2, 0) is 4.79 Å². The molecule has 1 aliphatic heterocycles. The second-order valence-corrected chi connectivity index (χ2v) is 7.43. The molecule has 2 amide bonds. The number of aliphatic imine (C=N–C) groups is 1. The predicted molar refractivity (Wildman–Crippen MR) is 99.3 cm³/mol. The molecule has 0 fully saturated rings. The number of allylic oxidation sites excluding steroid dienone is 3. The van der Waals surface area contributed by atoms with Gasteiger partial charge < -0.3 is 5.32 Å². The van der Waals surface area contributed by atoms with Gasteiger partial charge in [0.05, 0.1) is 5.71 Å². The molecule has 0 radical (unpaired) electrons. The number of rotatable bonds is 1. The van der Waals surface area contributed by atoms with Crippen molar-refractivity contribution in [1.82, 2.24) is 5.32 Å². The fourth-order valence-corrected chi connectivity index (χ4v) is 3.13. The fraction of sp³-hybridized carbons (Fsp3) is 0.286. The lowest BCUT2D eigenvalue weighted by atomic mass is 9.74. The van der Waals surface area contributed by atoms with Crippen LogP contribution in [0.3, 0.4) is 0 Å². The van der Waals surface area contributed by atoms with Gasteiger partial charge in [-0.3, -0.25) is 9.59 Å². The molecule has 1 aliphatic carbocycles. The van der Waals surface area contributed by atoms with Gasteiger partial charge in [-0.25, -0.2) is 4.99 Å². The summed E-state index contributed by atoms with van der Waals surface area (Å²) in [6.07, 6.45) is 7.31. The van der Waals surface area contributed by atoms with E-state index < -0.39 is 0 Å². The number of amides is 2. The summed E-state index contributed by atoms with van der Waals surface area (Å²) in [6, 6.07) is 7.38. The number of nitrogens with zero attached hydrogens (tertiary/aromatic N) is 1. The molecule has 1 aromatic carbocycles. The van der Waals surface area contributed by atoms with Gasteiger partial charge in [-0.15, -0.1) is 0 Å². The Labute approximate surface area is 148 Å². The Kier molecular flexibility index (Phi) is 4.29. The summed E-state index contributed by atoms with van der Waals surface area (Å²) in [6.45, 7) is 8.16. The number of benzene rings is 1. The monoisotopic (exact) mass is 334 g/mol. The van der Waals surface area contributed by atoms with E-state index in [0.29, 0.717) is 11.3 Å². The maximum atomic E-state index is 12.4. The predicted octanol–water partition coefficient (Wildman–Crippen LogP) is 3.75. The molecule has 25 heavy (non-hydrogen) atoms. The van der Waals surface area contributed by atoms with E-state index in [-0.39, 0.29) is 23.1 Å². The average molecular weight is 334 g/mol. The van der Waals surface area contributed by atoms with E-state index in [4.69, 9.17) is 0 Å². The van der Waals surface area contributed by atoms with Crippen molar-refractivity contribution in [3.63, 3.8) is 0 Å². The average Bonchev–Trinajstić information content (AvgIpc) is 2.53. The van der Waals surface area contributed by atoms with Crippen LogP contribution in [0.15, 0.2) is 64.8 Å². The summed E-state index contributed by atoms with van der Waals surface area (Å²) in [4.78, 5) is 28.7. The van der Waals surface area contributed by atoms with Crippen molar-refractivity contribution >= 4 is 17.5 Å². The molecule has 1 N–H and O–H groups in total. The van der Waals surface area contributed by atoms with Crippen LogP contribution in [0.4, 0.5) is 0 Å². The molecule has 1 atom stereocenters. The van der Waals surface area contributed by atoms with Gasteiger partial charge in [0.1, 0.15) is 0 Å². The highest BCUT2D eigenvalue weighted by molar-refractivity contribution is 6.14. The molecular formula is C21H22N2O2. The summed E-state index contributed by atoms with van der Waals surface area (Å²) in [5.41, 5.74) is 3.75. The van der Waals surface area contributed by atoms with Gasteiger partial charge in [0, 0.05) is 23.3 Å². The molecule has 1 heterocycles. The van der Waals surface area contributed by atoms with Crippen LogP contribution in [-0.4, -0.2) is 17.5 Å². The van der Waals surface area contributed by atoms with Gasteiger partial charge >= 0.3 is 0 Å². The van der Waals surface area contributed by atoms with Crippen molar-refractivity contribution < 1.29 is 9.59 Å². The topological polar surface area (TPSA) is 58.5 Å². The van der Waals surface area contributed by atoms with Gasteiger partial charge in [-0.2, -0.15) is 0 Å². The van der Waals surface area contributed by atoms with E-state index in [1.165, 1.54) is 0 Å². The lowest BCUT2D eigenvalue weighted by Crippen LogP contribution is -2.36. The molecule has 1 aromatic rings. The third kappa shape index (κ3) is 3.53. The molecule has 0 bridgehead atoms. The summed E-state index contributed by atoms with van der Waals surface area (Å²) < 4.78 is 0. The van der Waals surface area contributed by atoms with Crippen LogP contribution in [0.25, 0.3) is 0 Å². The zero-order chi connectivity index (χ0) is 18.2. The lowest BCUT2D eigenvalue weighted by molar-refractivity contribution is -0.116. The Hall–Kier alpha value is -2.75. The van der Waals surface area contributed by atoms with Crippen LogP contribution in [0, 0.1) is 18.3 Å². The van der Waals surface area contributed by atoms with Crippen molar-refractivity contribution in [1.29, 1.82) is 0 Å². The molecular weight excluding hydrogens is 312 g/mol. The number of fused-ring (bicyclic) bond motifs is 1. The fourth-order valence-electron chi connectivity index (χ4n) is 3.13. The molecule has 0 saturated heterocycles. The number of aryl methyl sites for hydroxylation is 1. The molecule has 0 aromatic heterocycles. The zero-order valence-electron chi connectivity index (χ0n) is 15.0. The highest BCUT2D eigenvalue weighted by Crippen LogP contribution is 2.38. The zero-order valence-corrected chi connectivity index (χ0v) is 15.0. The van der Waals surface area contributed by atoms with Crippen molar-refractivity contribution in [3.05, 3.63) is 71.0 Å². The van der Waals surface area contributed by atoms with Crippen molar-refractivity contribution in [3.8, 4) is 0 Å². The largest absolute Gasteiger partial charge is 0.325 e.